The third kappa shape index (κ3) is 4.91. The van der Waals surface area contributed by atoms with Gasteiger partial charge in [-0.15, -0.1) is 0 Å². The maximum Gasteiger partial charge on any atom is 0.260 e. The highest BCUT2D eigenvalue weighted by Gasteiger charge is 2.40. The van der Waals surface area contributed by atoms with Crippen LogP contribution in [-0.4, -0.2) is 79.7 Å². The summed E-state index contributed by atoms with van der Waals surface area (Å²) in [6.07, 6.45) is 0. The molecule has 2 aromatic carbocycles. The fraction of sp³-hybridized carbons (Fsp3) is 0.400. The van der Waals surface area contributed by atoms with E-state index < -0.39 is 12.0 Å². The number of hydrazone groups is 1. The Kier molecular flexibility index (Phi) is 7.05. The van der Waals surface area contributed by atoms with Crippen LogP contribution in [0, 0.1) is 5.92 Å². The van der Waals surface area contributed by atoms with Gasteiger partial charge in [-0.1, -0.05) is 42.5 Å². The molecule has 174 valence electrons. The van der Waals surface area contributed by atoms with Crippen LogP contribution in [0.1, 0.15) is 12.5 Å². The number of Topliss-reactive ketones (excluding diaryl/α,β-unsaturated/α-hetero) is 1. The third-order valence-electron chi connectivity index (χ3n) is 6.36. The second-order valence-electron chi connectivity index (χ2n) is 8.43. The van der Waals surface area contributed by atoms with E-state index in [9.17, 15) is 9.59 Å². The van der Waals surface area contributed by atoms with Gasteiger partial charge in [0.1, 0.15) is 17.6 Å². The van der Waals surface area contributed by atoms with E-state index in [1.54, 1.807) is 7.11 Å². The first-order valence-electron chi connectivity index (χ1n) is 11.3. The number of nitrogens with zero attached hydrogens (tertiary/aromatic N) is 4. The van der Waals surface area contributed by atoms with E-state index in [1.807, 2.05) is 48.5 Å². The van der Waals surface area contributed by atoms with Crippen molar-refractivity contribution in [2.75, 3.05) is 51.3 Å². The standard InChI is InChI=1S/C25H31N5O3/c1-18(31)22-23(26)25(32)30(27-24(22)19-8-4-3-5-9-19)17-14-28-12-15-29(16-13-28)20-10-6-7-11-21(20)33-2/h3-11,22-23H,12-17,26H2,1-2H3. The zero-order chi connectivity index (χ0) is 23.4. The molecule has 0 aliphatic carbocycles. The number of hydrogen-bond donors (Lipinski definition) is 1. The molecular weight excluding hydrogens is 418 g/mol. The smallest absolute Gasteiger partial charge is 0.260 e. The molecule has 8 heteroatoms. The van der Waals surface area contributed by atoms with Gasteiger partial charge in [0.15, 0.2) is 0 Å². The van der Waals surface area contributed by atoms with Crippen molar-refractivity contribution in [1.29, 1.82) is 0 Å². The largest absolute Gasteiger partial charge is 0.495 e. The summed E-state index contributed by atoms with van der Waals surface area (Å²) in [5, 5.41) is 6.05. The summed E-state index contributed by atoms with van der Waals surface area (Å²) >= 11 is 0. The minimum absolute atomic E-state index is 0.148. The zero-order valence-electron chi connectivity index (χ0n) is 19.2. The average molecular weight is 450 g/mol. The molecule has 2 aromatic rings. The van der Waals surface area contributed by atoms with Crippen LogP contribution in [-0.2, 0) is 9.59 Å². The van der Waals surface area contributed by atoms with E-state index in [0.29, 0.717) is 18.8 Å². The molecule has 2 atom stereocenters. The summed E-state index contributed by atoms with van der Waals surface area (Å²) in [6.45, 7) is 6.08. The van der Waals surface area contributed by atoms with E-state index in [0.717, 1.165) is 43.2 Å². The summed E-state index contributed by atoms with van der Waals surface area (Å²) in [5.41, 5.74) is 8.72. The van der Waals surface area contributed by atoms with Crippen molar-refractivity contribution in [3.63, 3.8) is 0 Å². The highest BCUT2D eigenvalue weighted by atomic mass is 16.5. The molecule has 2 unspecified atom stereocenters. The maximum atomic E-state index is 12.9. The predicted octanol–water partition coefficient (Wildman–Crippen LogP) is 1.60. The number of anilines is 1. The first-order valence-corrected chi connectivity index (χ1v) is 11.3. The molecule has 8 nitrogen and oxygen atoms in total. The number of para-hydroxylation sites is 2. The van der Waals surface area contributed by atoms with Crippen LogP contribution in [0.25, 0.3) is 0 Å². The van der Waals surface area contributed by atoms with Crippen LogP contribution in [0.3, 0.4) is 0 Å². The second-order valence-corrected chi connectivity index (χ2v) is 8.43. The van der Waals surface area contributed by atoms with E-state index in [1.165, 1.54) is 11.9 Å². The van der Waals surface area contributed by atoms with Crippen molar-refractivity contribution >= 4 is 23.1 Å². The average Bonchev–Trinajstić information content (AvgIpc) is 2.85. The quantitative estimate of drug-likeness (QED) is 0.690. The lowest BCUT2D eigenvalue weighted by atomic mass is 9.85. The van der Waals surface area contributed by atoms with Gasteiger partial charge in [-0.3, -0.25) is 14.5 Å². The summed E-state index contributed by atoms with van der Waals surface area (Å²) in [5.74, 6) is -0.296. The van der Waals surface area contributed by atoms with Crippen LogP contribution >= 0.6 is 0 Å². The van der Waals surface area contributed by atoms with Crippen molar-refractivity contribution in [1.82, 2.24) is 9.91 Å². The van der Waals surface area contributed by atoms with Crippen molar-refractivity contribution < 1.29 is 14.3 Å². The molecule has 0 radical (unpaired) electrons. The molecule has 2 N–H and O–H groups in total. The molecule has 33 heavy (non-hydrogen) atoms. The Morgan fingerprint density at radius 1 is 1.03 bits per heavy atom. The van der Waals surface area contributed by atoms with Crippen LogP contribution in [0.4, 0.5) is 5.69 Å². The molecule has 0 bridgehead atoms. The Labute approximate surface area is 194 Å². The van der Waals surface area contributed by atoms with Gasteiger partial charge in [0.05, 0.1) is 31.0 Å². The first kappa shape index (κ1) is 22.9. The fourth-order valence-corrected chi connectivity index (χ4v) is 4.52. The fourth-order valence-electron chi connectivity index (χ4n) is 4.52. The van der Waals surface area contributed by atoms with Gasteiger partial charge in [0.2, 0.25) is 0 Å². The summed E-state index contributed by atoms with van der Waals surface area (Å²) in [7, 11) is 1.69. The monoisotopic (exact) mass is 449 g/mol. The van der Waals surface area contributed by atoms with Crippen molar-refractivity contribution in [2.24, 2.45) is 16.8 Å². The molecule has 2 aliphatic heterocycles. The molecule has 0 spiro atoms. The highest BCUT2D eigenvalue weighted by Crippen LogP contribution is 2.28. The van der Waals surface area contributed by atoms with E-state index in [2.05, 4.69) is 21.0 Å². The molecule has 2 aliphatic rings. The van der Waals surface area contributed by atoms with Gasteiger partial charge in [0.25, 0.3) is 5.91 Å². The van der Waals surface area contributed by atoms with Gasteiger partial charge in [-0.25, -0.2) is 5.01 Å². The van der Waals surface area contributed by atoms with Crippen molar-refractivity contribution in [2.45, 2.75) is 13.0 Å². The number of carbonyl (C=O) groups is 2. The normalized spacial score (nSPS) is 21.7. The number of piperazine rings is 1. The predicted molar refractivity (Wildman–Crippen MR) is 128 cm³/mol. The molecule has 2 heterocycles. The molecule has 1 amide bonds. The lowest BCUT2D eigenvalue weighted by Crippen LogP contribution is -2.56. The van der Waals surface area contributed by atoms with Gasteiger partial charge in [0, 0.05) is 32.7 Å². The van der Waals surface area contributed by atoms with Crippen molar-refractivity contribution in [3.05, 3.63) is 60.2 Å². The lowest BCUT2D eigenvalue weighted by molar-refractivity contribution is -0.137. The van der Waals surface area contributed by atoms with Crippen LogP contribution < -0.4 is 15.4 Å². The number of carbonyl (C=O) groups excluding carboxylic acids is 2. The summed E-state index contributed by atoms with van der Waals surface area (Å²) in [6, 6.07) is 16.6. The van der Waals surface area contributed by atoms with Crippen LogP contribution in [0.15, 0.2) is 59.7 Å². The first-order chi connectivity index (χ1) is 16.0. The minimum atomic E-state index is -0.919. The number of nitrogens with two attached hydrogens (primary N) is 1. The number of methoxy groups -OCH3 is 1. The number of ether oxygens (including phenoxy) is 1. The topological polar surface area (TPSA) is 91.5 Å². The third-order valence-corrected chi connectivity index (χ3v) is 6.36. The zero-order valence-corrected chi connectivity index (χ0v) is 19.2. The van der Waals surface area contributed by atoms with Crippen LogP contribution in [0.5, 0.6) is 5.75 Å². The van der Waals surface area contributed by atoms with Gasteiger partial charge >= 0.3 is 0 Å². The van der Waals surface area contributed by atoms with Crippen LogP contribution in [0.2, 0.25) is 0 Å². The Bertz CT molecular complexity index is 1020. The second kappa shape index (κ2) is 10.1. The summed E-state index contributed by atoms with van der Waals surface area (Å²) < 4.78 is 5.50. The molecule has 1 saturated heterocycles. The Balaban J connectivity index is 1.42. The van der Waals surface area contributed by atoms with E-state index >= 15 is 0 Å². The van der Waals surface area contributed by atoms with Gasteiger partial charge in [-0.2, -0.15) is 5.10 Å². The Morgan fingerprint density at radius 2 is 1.70 bits per heavy atom. The van der Waals surface area contributed by atoms with Crippen molar-refractivity contribution in [3.8, 4) is 5.75 Å². The number of ketones is 1. The Morgan fingerprint density at radius 3 is 2.36 bits per heavy atom. The molecule has 0 aromatic heterocycles. The van der Waals surface area contributed by atoms with E-state index in [-0.39, 0.29) is 11.7 Å². The molecule has 4 rings (SSSR count). The van der Waals surface area contributed by atoms with Gasteiger partial charge in [-0.05, 0) is 24.6 Å². The summed E-state index contributed by atoms with van der Waals surface area (Å²) in [4.78, 5) is 29.8. The highest BCUT2D eigenvalue weighted by molar-refractivity contribution is 6.17. The SMILES string of the molecule is COc1ccccc1N1CCN(CCN2N=C(c3ccccc3)C(C(C)=O)C(N)C2=O)CC1. The lowest BCUT2D eigenvalue weighted by Gasteiger charge is -2.38. The number of rotatable bonds is 7. The maximum absolute atomic E-state index is 12.9. The number of hydrogen-bond acceptors (Lipinski definition) is 7. The molecule has 1 fully saturated rings. The minimum Gasteiger partial charge on any atom is -0.495 e. The van der Waals surface area contributed by atoms with Gasteiger partial charge < -0.3 is 15.4 Å². The van der Waals surface area contributed by atoms with E-state index in [4.69, 9.17) is 10.5 Å². The molecule has 0 saturated carbocycles. The Hall–Kier alpha value is -3.23. The number of amides is 1. The number of benzene rings is 2. The molecular formula is C25H31N5O3.